The number of nitrogens with zero attached hydrogens (tertiary/aromatic N) is 3. The lowest BCUT2D eigenvalue weighted by atomic mass is 10.1. The SMILES string of the molecule is Cc1cccc(N2CCN(c3ccc(N)c(C)n3)CC2)c1C. The van der Waals surface area contributed by atoms with E-state index in [1.807, 2.05) is 19.1 Å². The molecule has 0 radical (unpaired) electrons. The van der Waals surface area contributed by atoms with Crippen LogP contribution in [0.2, 0.25) is 0 Å². The first-order chi connectivity index (χ1) is 10.6. The predicted molar refractivity (Wildman–Crippen MR) is 93.7 cm³/mol. The molecule has 1 aliphatic rings. The zero-order chi connectivity index (χ0) is 15.7. The topological polar surface area (TPSA) is 45.4 Å². The van der Waals surface area contributed by atoms with Crippen molar-refractivity contribution in [1.82, 2.24) is 4.98 Å². The molecular formula is C18H24N4. The third-order valence-corrected chi connectivity index (χ3v) is 4.63. The normalized spacial score (nSPS) is 15.2. The number of hydrogen-bond acceptors (Lipinski definition) is 4. The summed E-state index contributed by atoms with van der Waals surface area (Å²) in [4.78, 5) is 9.42. The number of aromatic nitrogens is 1. The molecule has 1 aliphatic heterocycles. The van der Waals surface area contributed by atoms with E-state index in [4.69, 9.17) is 5.73 Å². The molecule has 0 unspecified atom stereocenters. The van der Waals surface area contributed by atoms with Crippen molar-refractivity contribution in [2.45, 2.75) is 20.8 Å². The van der Waals surface area contributed by atoms with E-state index < -0.39 is 0 Å². The number of aryl methyl sites for hydroxylation is 2. The Morgan fingerprint density at radius 3 is 2.27 bits per heavy atom. The fourth-order valence-corrected chi connectivity index (χ4v) is 2.99. The van der Waals surface area contributed by atoms with Crippen LogP contribution >= 0.6 is 0 Å². The van der Waals surface area contributed by atoms with Gasteiger partial charge in [0.2, 0.25) is 0 Å². The van der Waals surface area contributed by atoms with Gasteiger partial charge in [0.25, 0.3) is 0 Å². The Morgan fingerprint density at radius 2 is 1.59 bits per heavy atom. The van der Waals surface area contributed by atoms with Crippen molar-refractivity contribution in [2.75, 3.05) is 41.7 Å². The molecule has 2 aromatic rings. The van der Waals surface area contributed by atoms with Gasteiger partial charge in [-0.3, -0.25) is 0 Å². The Kier molecular flexibility index (Phi) is 3.92. The molecule has 1 fully saturated rings. The van der Waals surface area contributed by atoms with Crippen molar-refractivity contribution in [3.8, 4) is 0 Å². The molecule has 1 aromatic carbocycles. The molecule has 0 spiro atoms. The van der Waals surface area contributed by atoms with Crippen molar-refractivity contribution in [3.05, 3.63) is 47.2 Å². The van der Waals surface area contributed by atoms with Crippen molar-refractivity contribution in [1.29, 1.82) is 0 Å². The summed E-state index contributed by atoms with van der Waals surface area (Å²) in [5.41, 5.74) is 11.6. The first-order valence-electron chi connectivity index (χ1n) is 7.85. The maximum absolute atomic E-state index is 5.86. The molecule has 22 heavy (non-hydrogen) atoms. The van der Waals surface area contributed by atoms with Crippen LogP contribution in [0.5, 0.6) is 0 Å². The molecule has 2 N–H and O–H groups in total. The van der Waals surface area contributed by atoms with Gasteiger partial charge in [-0.05, 0) is 50.1 Å². The van der Waals surface area contributed by atoms with Crippen LogP contribution in [0.4, 0.5) is 17.2 Å². The van der Waals surface area contributed by atoms with Crippen LogP contribution in [-0.2, 0) is 0 Å². The second-order valence-electron chi connectivity index (χ2n) is 6.04. The van der Waals surface area contributed by atoms with E-state index in [1.54, 1.807) is 0 Å². The molecular weight excluding hydrogens is 272 g/mol. The van der Waals surface area contributed by atoms with Crippen LogP contribution in [0, 0.1) is 20.8 Å². The summed E-state index contributed by atoms with van der Waals surface area (Å²) < 4.78 is 0. The molecule has 4 heteroatoms. The van der Waals surface area contributed by atoms with Gasteiger partial charge in [-0.15, -0.1) is 0 Å². The summed E-state index contributed by atoms with van der Waals surface area (Å²) >= 11 is 0. The summed E-state index contributed by atoms with van der Waals surface area (Å²) in [7, 11) is 0. The van der Waals surface area contributed by atoms with Gasteiger partial charge >= 0.3 is 0 Å². The number of anilines is 3. The summed E-state index contributed by atoms with van der Waals surface area (Å²) in [5.74, 6) is 1.03. The third kappa shape index (κ3) is 2.73. The lowest BCUT2D eigenvalue weighted by Crippen LogP contribution is -2.47. The van der Waals surface area contributed by atoms with E-state index in [9.17, 15) is 0 Å². The fourth-order valence-electron chi connectivity index (χ4n) is 2.99. The van der Waals surface area contributed by atoms with Gasteiger partial charge in [-0.25, -0.2) is 4.98 Å². The van der Waals surface area contributed by atoms with Crippen LogP contribution < -0.4 is 15.5 Å². The number of rotatable bonds is 2. The number of hydrogen-bond donors (Lipinski definition) is 1. The molecule has 116 valence electrons. The smallest absolute Gasteiger partial charge is 0.129 e. The van der Waals surface area contributed by atoms with E-state index in [0.29, 0.717) is 0 Å². The summed E-state index contributed by atoms with van der Waals surface area (Å²) in [5, 5.41) is 0. The summed E-state index contributed by atoms with van der Waals surface area (Å²) in [6.45, 7) is 10.4. The van der Waals surface area contributed by atoms with Crippen molar-refractivity contribution >= 4 is 17.2 Å². The van der Waals surface area contributed by atoms with Gasteiger partial charge in [-0.1, -0.05) is 12.1 Å². The maximum atomic E-state index is 5.86. The third-order valence-electron chi connectivity index (χ3n) is 4.63. The molecule has 0 aliphatic carbocycles. The molecule has 0 atom stereocenters. The number of nitrogen functional groups attached to an aromatic ring is 1. The molecule has 4 nitrogen and oxygen atoms in total. The lowest BCUT2D eigenvalue weighted by Gasteiger charge is -2.37. The number of piperazine rings is 1. The number of benzene rings is 1. The monoisotopic (exact) mass is 296 g/mol. The second-order valence-corrected chi connectivity index (χ2v) is 6.04. The highest BCUT2D eigenvalue weighted by Gasteiger charge is 2.19. The van der Waals surface area contributed by atoms with E-state index in [-0.39, 0.29) is 0 Å². The van der Waals surface area contributed by atoms with Crippen molar-refractivity contribution < 1.29 is 0 Å². The zero-order valence-corrected chi connectivity index (χ0v) is 13.6. The van der Waals surface area contributed by atoms with Crippen molar-refractivity contribution in [2.24, 2.45) is 0 Å². The molecule has 0 bridgehead atoms. The average Bonchev–Trinajstić information content (AvgIpc) is 2.53. The fraction of sp³-hybridized carbons (Fsp3) is 0.389. The largest absolute Gasteiger partial charge is 0.397 e. The van der Waals surface area contributed by atoms with Gasteiger partial charge in [-0.2, -0.15) is 0 Å². The lowest BCUT2D eigenvalue weighted by molar-refractivity contribution is 0.645. The van der Waals surface area contributed by atoms with E-state index >= 15 is 0 Å². The molecule has 0 saturated carbocycles. The highest BCUT2D eigenvalue weighted by molar-refractivity contribution is 5.58. The molecule has 1 aromatic heterocycles. The van der Waals surface area contributed by atoms with Gasteiger partial charge in [0.1, 0.15) is 5.82 Å². The Balaban J connectivity index is 1.72. The number of pyridine rings is 1. The molecule has 1 saturated heterocycles. The van der Waals surface area contributed by atoms with Gasteiger partial charge in [0, 0.05) is 31.9 Å². The Bertz CT molecular complexity index is 673. The van der Waals surface area contributed by atoms with Crippen LogP contribution in [0.15, 0.2) is 30.3 Å². The molecule has 0 amide bonds. The average molecular weight is 296 g/mol. The standard InChI is InChI=1S/C18H24N4/c1-13-5-4-6-17(14(13)2)21-9-11-22(12-10-21)18-8-7-16(19)15(3)20-18/h4-8H,9-12,19H2,1-3H3. The van der Waals surface area contributed by atoms with Crippen molar-refractivity contribution in [3.63, 3.8) is 0 Å². The highest BCUT2D eigenvalue weighted by Crippen LogP contribution is 2.25. The molecule has 2 heterocycles. The second kappa shape index (κ2) is 5.87. The quantitative estimate of drug-likeness (QED) is 0.925. The van der Waals surface area contributed by atoms with Gasteiger partial charge in [0.15, 0.2) is 0 Å². The van der Waals surface area contributed by atoms with E-state index in [1.165, 1.54) is 16.8 Å². The van der Waals surface area contributed by atoms with Crippen LogP contribution in [0.25, 0.3) is 0 Å². The van der Waals surface area contributed by atoms with E-state index in [0.717, 1.165) is 43.4 Å². The zero-order valence-electron chi connectivity index (χ0n) is 13.6. The van der Waals surface area contributed by atoms with Crippen LogP contribution in [0.1, 0.15) is 16.8 Å². The Morgan fingerprint density at radius 1 is 0.909 bits per heavy atom. The van der Waals surface area contributed by atoms with E-state index in [2.05, 4.69) is 46.8 Å². The summed E-state index contributed by atoms with van der Waals surface area (Å²) in [6.07, 6.45) is 0. The van der Waals surface area contributed by atoms with Gasteiger partial charge < -0.3 is 15.5 Å². The number of nitrogens with two attached hydrogens (primary N) is 1. The summed E-state index contributed by atoms with van der Waals surface area (Å²) in [6, 6.07) is 10.5. The first kappa shape index (κ1) is 14.7. The first-order valence-corrected chi connectivity index (χ1v) is 7.85. The molecule has 3 rings (SSSR count). The van der Waals surface area contributed by atoms with Crippen LogP contribution in [-0.4, -0.2) is 31.2 Å². The minimum Gasteiger partial charge on any atom is -0.397 e. The Labute approximate surface area is 132 Å². The minimum atomic E-state index is 0.762. The minimum absolute atomic E-state index is 0.762. The predicted octanol–water partition coefficient (Wildman–Crippen LogP) is 2.92. The maximum Gasteiger partial charge on any atom is 0.129 e. The highest BCUT2D eigenvalue weighted by atomic mass is 15.3. The van der Waals surface area contributed by atoms with Gasteiger partial charge in [0.05, 0.1) is 11.4 Å². The van der Waals surface area contributed by atoms with Crippen LogP contribution in [0.3, 0.4) is 0 Å². The Hall–Kier alpha value is -2.23.